The summed E-state index contributed by atoms with van der Waals surface area (Å²) in [5.41, 5.74) is 3.32. The number of hydrogen-bond acceptors (Lipinski definition) is 5. The van der Waals surface area contributed by atoms with Crippen molar-refractivity contribution in [3.63, 3.8) is 0 Å². The third-order valence-corrected chi connectivity index (χ3v) is 4.43. The third kappa shape index (κ3) is 2.88. The van der Waals surface area contributed by atoms with Gasteiger partial charge in [-0.05, 0) is 49.2 Å². The summed E-state index contributed by atoms with van der Waals surface area (Å²) < 4.78 is 16.1. The third-order valence-electron chi connectivity index (χ3n) is 4.43. The fourth-order valence-corrected chi connectivity index (χ4v) is 2.90. The van der Waals surface area contributed by atoms with Gasteiger partial charge in [-0.15, -0.1) is 0 Å². The van der Waals surface area contributed by atoms with E-state index in [1.54, 1.807) is 12.1 Å². The maximum absolute atomic E-state index is 12.3. The van der Waals surface area contributed by atoms with E-state index in [-0.39, 0.29) is 12.4 Å². The number of esters is 1. The van der Waals surface area contributed by atoms with E-state index in [2.05, 4.69) is 0 Å². The van der Waals surface area contributed by atoms with Gasteiger partial charge in [0.05, 0.1) is 0 Å². The molecular formula is C21H16O5. The van der Waals surface area contributed by atoms with Crippen LogP contribution in [0.5, 0.6) is 0 Å². The summed E-state index contributed by atoms with van der Waals surface area (Å²) in [6.45, 7) is 3.88. The first-order valence-corrected chi connectivity index (χ1v) is 8.21. The van der Waals surface area contributed by atoms with Crippen LogP contribution in [0.2, 0.25) is 0 Å². The summed E-state index contributed by atoms with van der Waals surface area (Å²) in [5.74, 6) is -0.447. The molecule has 0 unspecified atom stereocenters. The highest BCUT2D eigenvalue weighted by Gasteiger charge is 2.15. The molecule has 2 aromatic carbocycles. The Kier molecular flexibility index (Phi) is 3.84. The molecule has 0 amide bonds. The molecule has 0 saturated carbocycles. The monoisotopic (exact) mass is 348 g/mol. The first-order valence-electron chi connectivity index (χ1n) is 8.21. The maximum Gasteiger partial charge on any atom is 0.374 e. The second-order valence-corrected chi connectivity index (χ2v) is 6.25. The molecule has 2 aromatic heterocycles. The van der Waals surface area contributed by atoms with E-state index in [0.717, 1.165) is 21.9 Å². The SMILES string of the molecule is Cc1cc2oc(=O)cc(COC(=O)c3cc4ccccc4o3)c2cc1C. The maximum atomic E-state index is 12.3. The summed E-state index contributed by atoms with van der Waals surface area (Å²) in [6, 6.07) is 14.1. The van der Waals surface area contributed by atoms with Crippen LogP contribution in [0.3, 0.4) is 0 Å². The van der Waals surface area contributed by atoms with Crippen LogP contribution in [-0.2, 0) is 11.3 Å². The van der Waals surface area contributed by atoms with Gasteiger partial charge in [0.25, 0.3) is 0 Å². The molecule has 0 aliphatic rings. The van der Waals surface area contributed by atoms with Crippen LogP contribution in [0.4, 0.5) is 0 Å². The number of fused-ring (bicyclic) bond motifs is 2. The Morgan fingerprint density at radius 1 is 0.962 bits per heavy atom. The Hall–Kier alpha value is -3.34. The summed E-state index contributed by atoms with van der Waals surface area (Å²) in [4.78, 5) is 24.1. The molecule has 0 saturated heterocycles. The van der Waals surface area contributed by atoms with Gasteiger partial charge >= 0.3 is 11.6 Å². The standard InChI is InChI=1S/C21H16O5/c1-12-7-16-15(10-20(22)26-18(16)8-13(12)2)11-24-21(23)19-9-14-5-3-4-6-17(14)25-19/h3-10H,11H2,1-2H3. The zero-order chi connectivity index (χ0) is 18.3. The van der Waals surface area contributed by atoms with Crippen molar-refractivity contribution in [2.75, 3.05) is 0 Å². The predicted molar refractivity (Wildman–Crippen MR) is 97.3 cm³/mol. The molecule has 26 heavy (non-hydrogen) atoms. The van der Waals surface area contributed by atoms with Crippen LogP contribution < -0.4 is 5.63 Å². The van der Waals surface area contributed by atoms with E-state index in [1.807, 2.05) is 44.2 Å². The van der Waals surface area contributed by atoms with Crippen molar-refractivity contribution in [3.05, 3.63) is 81.4 Å². The van der Waals surface area contributed by atoms with Gasteiger partial charge in [-0.1, -0.05) is 18.2 Å². The number of para-hydroxylation sites is 1. The molecule has 4 aromatic rings. The average molecular weight is 348 g/mol. The number of benzene rings is 2. The Morgan fingerprint density at radius 3 is 2.54 bits per heavy atom. The minimum absolute atomic E-state index is 0.0412. The van der Waals surface area contributed by atoms with Gasteiger partial charge in [0.15, 0.2) is 0 Å². The molecule has 0 atom stereocenters. The van der Waals surface area contributed by atoms with Crippen LogP contribution in [0, 0.1) is 13.8 Å². The van der Waals surface area contributed by atoms with Crippen LogP contribution in [0.25, 0.3) is 21.9 Å². The highest BCUT2D eigenvalue weighted by Crippen LogP contribution is 2.23. The predicted octanol–water partition coefficient (Wildman–Crippen LogP) is 4.51. The highest BCUT2D eigenvalue weighted by molar-refractivity contribution is 5.92. The first-order chi connectivity index (χ1) is 12.5. The molecule has 5 heteroatoms. The fraction of sp³-hybridized carbons (Fsp3) is 0.143. The van der Waals surface area contributed by atoms with Gasteiger partial charge in [-0.2, -0.15) is 0 Å². The summed E-state index contributed by atoms with van der Waals surface area (Å²) in [5, 5.41) is 1.58. The van der Waals surface area contributed by atoms with Gasteiger partial charge in [-0.3, -0.25) is 0 Å². The summed E-state index contributed by atoms with van der Waals surface area (Å²) in [6.07, 6.45) is 0. The number of hydrogen-bond donors (Lipinski definition) is 0. The first kappa shape index (κ1) is 16.1. The Labute approximate surface area is 148 Å². The van der Waals surface area contributed by atoms with Gasteiger partial charge < -0.3 is 13.6 Å². The van der Waals surface area contributed by atoms with E-state index < -0.39 is 11.6 Å². The zero-order valence-electron chi connectivity index (χ0n) is 14.4. The number of aryl methyl sites for hydroxylation is 2. The number of rotatable bonds is 3. The van der Waals surface area contributed by atoms with Crippen molar-refractivity contribution in [3.8, 4) is 0 Å². The minimum atomic E-state index is -0.577. The lowest BCUT2D eigenvalue weighted by Crippen LogP contribution is -2.07. The topological polar surface area (TPSA) is 69.7 Å². The van der Waals surface area contributed by atoms with E-state index in [4.69, 9.17) is 13.6 Å². The molecule has 0 spiro atoms. The summed E-state index contributed by atoms with van der Waals surface area (Å²) >= 11 is 0. The molecule has 0 aliphatic heterocycles. The van der Waals surface area contributed by atoms with Gasteiger partial charge in [0.1, 0.15) is 17.8 Å². The second kappa shape index (κ2) is 6.19. The van der Waals surface area contributed by atoms with Crippen molar-refractivity contribution in [2.45, 2.75) is 20.5 Å². The lowest BCUT2D eigenvalue weighted by atomic mass is 10.0. The zero-order valence-corrected chi connectivity index (χ0v) is 14.4. The van der Waals surface area contributed by atoms with Crippen molar-refractivity contribution in [1.82, 2.24) is 0 Å². The van der Waals surface area contributed by atoms with Gasteiger partial charge in [0, 0.05) is 22.4 Å². The van der Waals surface area contributed by atoms with E-state index in [0.29, 0.717) is 16.7 Å². The summed E-state index contributed by atoms with van der Waals surface area (Å²) in [7, 11) is 0. The van der Waals surface area contributed by atoms with Crippen molar-refractivity contribution >= 4 is 27.9 Å². The largest absolute Gasteiger partial charge is 0.455 e. The number of carbonyl (C=O) groups is 1. The van der Waals surface area contributed by atoms with Gasteiger partial charge in [0.2, 0.25) is 5.76 Å². The van der Waals surface area contributed by atoms with Crippen molar-refractivity contribution in [1.29, 1.82) is 0 Å². The van der Waals surface area contributed by atoms with Crippen LogP contribution in [0.15, 0.2) is 62.2 Å². The Balaban J connectivity index is 1.64. The Morgan fingerprint density at radius 2 is 1.73 bits per heavy atom. The van der Waals surface area contributed by atoms with E-state index in [1.165, 1.54) is 6.07 Å². The van der Waals surface area contributed by atoms with E-state index >= 15 is 0 Å². The van der Waals surface area contributed by atoms with Crippen LogP contribution in [0.1, 0.15) is 27.2 Å². The molecule has 0 N–H and O–H groups in total. The second-order valence-electron chi connectivity index (χ2n) is 6.25. The molecule has 2 heterocycles. The number of carbonyl (C=O) groups excluding carboxylic acids is 1. The molecule has 0 radical (unpaired) electrons. The van der Waals surface area contributed by atoms with E-state index in [9.17, 15) is 9.59 Å². The van der Waals surface area contributed by atoms with Crippen LogP contribution >= 0.6 is 0 Å². The smallest absolute Gasteiger partial charge is 0.374 e. The lowest BCUT2D eigenvalue weighted by molar-refractivity contribution is 0.0440. The van der Waals surface area contributed by atoms with Gasteiger partial charge in [-0.25, -0.2) is 9.59 Å². The number of furan rings is 1. The van der Waals surface area contributed by atoms with Crippen LogP contribution in [-0.4, -0.2) is 5.97 Å². The number of ether oxygens (including phenoxy) is 1. The average Bonchev–Trinajstić information content (AvgIpc) is 3.05. The highest BCUT2D eigenvalue weighted by atomic mass is 16.5. The molecule has 0 fully saturated rings. The molecule has 0 bridgehead atoms. The molecule has 0 aliphatic carbocycles. The quantitative estimate of drug-likeness (QED) is 0.402. The van der Waals surface area contributed by atoms with Crippen molar-refractivity contribution < 1.29 is 18.4 Å². The lowest BCUT2D eigenvalue weighted by Gasteiger charge is -2.08. The molecular weight excluding hydrogens is 332 g/mol. The molecule has 130 valence electrons. The Bertz CT molecular complexity index is 1160. The van der Waals surface area contributed by atoms with Crippen molar-refractivity contribution in [2.24, 2.45) is 0 Å². The fourth-order valence-electron chi connectivity index (χ4n) is 2.90. The minimum Gasteiger partial charge on any atom is -0.455 e. The normalized spacial score (nSPS) is 11.2. The molecule has 5 nitrogen and oxygen atoms in total. The molecule has 4 rings (SSSR count).